The summed E-state index contributed by atoms with van der Waals surface area (Å²) >= 11 is 0.0621. The van der Waals surface area contributed by atoms with E-state index in [0.717, 1.165) is 58.8 Å². The minimum atomic E-state index is -2.21. The van der Waals surface area contributed by atoms with Crippen LogP contribution in [0.3, 0.4) is 0 Å². The summed E-state index contributed by atoms with van der Waals surface area (Å²) in [6.45, 7) is 3.66. The quantitative estimate of drug-likeness (QED) is 0.0290. The number of aromatic hydroxyl groups is 1. The number of phenolic OH excluding ortho intramolecular Hbond substituents is 1. The van der Waals surface area contributed by atoms with Crippen LogP contribution in [0.25, 0.3) is 0 Å². The van der Waals surface area contributed by atoms with Gasteiger partial charge >= 0.3 is 0 Å². The molecule has 4 heterocycles. The van der Waals surface area contributed by atoms with Gasteiger partial charge in [-0.25, -0.2) is 5.26 Å². The Morgan fingerprint density at radius 2 is 1.35 bits per heavy atom. The number of aliphatic hydroxyl groups excluding tert-OH is 6. The number of hydrogen-bond donors (Lipinski definition) is 14. The van der Waals surface area contributed by atoms with E-state index in [0.29, 0.717) is 26.2 Å². The fraction of sp³-hybridized carbons (Fsp3) is 0.552. The van der Waals surface area contributed by atoms with E-state index >= 15 is 0 Å². The molecule has 13 atom stereocenters. The number of nitrogens with one attached hydrogen (secondary N) is 5. The molecule has 8 rings (SSSR count). The molecule has 0 spiro atoms. The Labute approximate surface area is 516 Å². The monoisotopic (exact) mass is 1270 g/mol. The molecule has 1 saturated carbocycles. The van der Waals surface area contributed by atoms with Crippen LogP contribution in [0.4, 0.5) is 11.4 Å². The van der Waals surface area contributed by atoms with Crippen molar-refractivity contribution in [2.45, 2.75) is 151 Å². The van der Waals surface area contributed by atoms with Crippen molar-refractivity contribution in [3.8, 4) is 17.2 Å². The molecule has 4 saturated heterocycles. The average Bonchev–Trinajstić information content (AvgIpc) is 1.97. The van der Waals surface area contributed by atoms with Gasteiger partial charge in [0.25, 0.3) is 18.2 Å². The van der Waals surface area contributed by atoms with E-state index in [1.807, 2.05) is 12.1 Å². The van der Waals surface area contributed by atoms with Gasteiger partial charge in [-0.05, 0) is 98.8 Å². The fourth-order valence-corrected chi connectivity index (χ4v) is 12.1. The van der Waals surface area contributed by atoms with E-state index in [1.54, 1.807) is 12.1 Å². The number of carbonyl (C=O) groups excluding carboxylic acids is 8. The number of amides is 8. The van der Waals surface area contributed by atoms with Crippen LogP contribution in [-0.4, -0.2) is 223 Å². The molecule has 3 aromatic rings. The van der Waals surface area contributed by atoms with E-state index < -0.39 is 177 Å². The van der Waals surface area contributed by atoms with Crippen molar-refractivity contribution >= 4 is 71.0 Å². The normalized spacial score (nSPS) is 27.4. The number of piperazine rings is 1. The van der Waals surface area contributed by atoms with Crippen LogP contribution in [0.15, 0.2) is 66.7 Å². The first-order chi connectivity index (χ1) is 42.5. The Bertz CT molecular complexity index is 2970. The minimum absolute atomic E-state index is 0.0621. The maximum atomic E-state index is 14.7. The Kier molecular flexibility index (Phi) is 23.3. The van der Waals surface area contributed by atoms with Gasteiger partial charge in [0.15, 0.2) is 11.5 Å². The van der Waals surface area contributed by atoms with Gasteiger partial charge in [-0.1, -0.05) is 28.8 Å². The summed E-state index contributed by atoms with van der Waals surface area (Å²) in [5, 5.41) is 103. The molecule has 5 aliphatic rings. The van der Waals surface area contributed by atoms with Crippen molar-refractivity contribution in [1.29, 1.82) is 0 Å². The Morgan fingerprint density at radius 3 is 1.98 bits per heavy atom. The molecular formula is C58H78N10O20S. The molecule has 0 radical (unpaired) electrons. The topological polar surface area (TPSA) is 434 Å². The van der Waals surface area contributed by atoms with Crippen molar-refractivity contribution in [3.05, 3.63) is 77.9 Å². The number of nitrogens with two attached hydrogens (primary N) is 1. The summed E-state index contributed by atoms with van der Waals surface area (Å²) in [6, 6.07) is 6.61. The van der Waals surface area contributed by atoms with Gasteiger partial charge in [0.05, 0.1) is 49.1 Å². The third-order valence-electron chi connectivity index (χ3n) is 16.6. The summed E-state index contributed by atoms with van der Waals surface area (Å²) in [5.74, 6) is -10.1. The number of benzene rings is 3. The molecule has 31 heteroatoms. The second-order valence-corrected chi connectivity index (χ2v) is 23.6. The van der Waals surface area contributed by atoms with Crippen LogP contribution in [0, 0.1) is 5.92 Å². The van der Waals surface area contributed by atoms with Crippen molar-refractivity contribution in [2.24, 2.45) is 11.7 Å². The molecule has 13 unspecified atom stereocenters. The highest BCUT2D eigenvalue weighted by Gasteiger charge is 2.50. The van der Waals surface area contributed by atoms with E-state index in [1.165, 1.54) is 44.4 Å². The van der Waals surface area contributed by atoms with Gasteiger partial charge in [0, 0.05) is 87.9 Å². The maximum Gasteiger partial charge on any atom is 0.261 e. The van der Waals surface area contributed by atoms with Gasteiger partial charge in [0.2, 0.25) is 41.4 Å². The first-order valence-electron chi connectivity index (χ1n) is 29.5. The number of fused-ring (bicyclic) bond motifs is 2. The summed E-state index contributed by atoms with van der Waals surface area (Å²) in [6.07, 6.45) is -7.53. The summed E-state index contributed by atoms with van der Waals surface area (Å²) in [4.78, 5) is 120. The number of primary amides is 1. The number of aliphatic hydroxyl groups is 6. The van der Waals surface area contributed by atoms with Crippen LogP contribution in [0.5, 0.6) is 17.2 Å². The average molecular weight is 1270 g/mol. The lowest BCUT2D eigenvalue weighted by Crippen LogP contribution is -2.64. The number of hydrogen-bond acceptors (Lipinski definition) is 23. The molecule has 89 heavy (non-hydrogen) atoms. The molecule has 0 bridgehead atoms. The molecule has 0 aromatic heterocycles. The SMILES string of the molecule is CC(O)C1NC(=O)C(NC(=O)c2ccc(N3CCN(c4ccc(OC5CCCCC5)cc4)CC3)cc2)CC(O)CNC(=O)C2C(O)C(C)CN2C(=O)C(C(O)CC(N)=O)NC(=O)C(C(O)Cc2ccc(O)c(OSOOO)c2)NC(=O)C2CC(O)CN2C1=O. The standard InChI is InChI=1S/C58H78N10O20S/c1-30-28-68-50(51(30)76)56(81)60-27-36(70)24-40(61-52(77)33-9-11-34(12-10-33)65-18-20-66(21-19-65)35-13-15-39(16-14-35)85-38-6-4-3-5-7-38)53(78)62-47(31(2)69)57(82)67-29-37(71)25-41(67)54(79)63-48(55(80)64-49(58(68)83)44(74)26-46(59)75)43(73)22-32-8-17-42(72)45(23-32)86-89-88-87-84/h8-17,23,30-31,36-38,40-41,43-44,47-51,69-74,76,84H,3-7,18-22,24-29H2,1-2H3,(H2,59,75)(H,60,81)(H,61,77)(H,62,78)(H,63,79)(H,64,80). The Balaban J connectivity index is 1.05. The van der Waals surface area contributed by atoms with Gasteiger partial charge in [0.1, 0.15) is 42.0 Å². The summed E-state index contributed by atoms with van der Waals surface area (Å²) in [5.41, 5.74) is 7.46. The summed E-state index contributed by atoms with van der Waals surface area (Å²) < 4.78 is 15.5. The van der Waals surface area contributed by atoms with E-state index in [-0.39, 0.29) is 35.3 Å². The Hall–Kier alpha value is -7.59. The van der Waals surface area contributed by atoms with Crippen LogP contribution in [-0.2, 0) is 49.4 Å². The van der Waals surface area contributed by atoms with Gasteiger partial charge in [-0.2, -0.15) is 0 Å². The molecule has 15 N–H and O–H groups in total. The summed E-state index contributed by atoms with van der Waals surface area (Å²) in [7, 11) is 0. The zero-order valence-corrected chi connectivity index (χ0v) is 49.8. The first-order valence-corrected chi connectivity index (χ1v) is 30.1. The number of β-amino-alcohol motifs (C(OH)–C–C–N with tert-alkyl or cyclic N) is 1. The molecule has 1 aliphatic carbocycles. The van der Waals surface area contributed by atoms with E-state index in [4.69, 9.17) is 19.9 Å². The van der Waals surface area contributed by atoms with Crippen LogP contribution in [0.2, 0.25) is 0 Å². The van der Waals surface area contributed by atoms with Crippen LogP contribution in [0.1, 0.15) is 81.1 Å². The number of phenols is 1. The van der Waals surface area contributed by atoms with Crippen molar-refractivity contribution in [1.82, 2.24) is 36.4 Å². The van der Waals surface area contributed by atoms with Crippen molar-refractivity contribution in [3.63, 3.8) is 0 Å². The van der Waals surface area contributed by atoms with Gasteiger partial charge in [-0.15, -0.1) is 0 Å². The van der Waals surface area contributed by atoms with E-state index in [2.05, 4.69) is 57.9 Å². The third-order valence-corrected chi connectivity index (χ3v) is 17.0. The minimum Gasteiger partial charge on any atom is -0.504 e. The number of anilines is 2. The van der Waals surface area contributed by atoms with Gasteiger partial charge < -0.3 is 96.6 Å². The number of ether oxygens (including phenoxy) is 1. The molecule has 4 aliphatic heterocycles. The Morgan fingerprint density at radius 1 is 0.730 bits per heavy atom. The molecule has 5 fully saturated rings. The highest BCUT2D eigenvalue weighted by molar-refractivity contribution is 7.90. The van der Waals surface area contributed by atoms with Crippen molar-refractivity contribution in [2.75, 3.05) is 55.6 Å². The molecular weight excluding hydrogens is 1190 g/mol. The molecule has 8 amide bonds. The van der Waals surface area contributed by atoms with Crippen molar-refractivity contribution < 1.29 is 97.7 Å². The van der Waals surface area contributed by atoms with Crippen LogP contribution >= 0.6 is 12.3 Å². The second-order valence-electron chi connectivity index (χ2n) is 23.2. The smallest absolute Gasteiger partial charge is 0.261 e. The van der Waals surface area contributed by atoms with Crippen LogP contribution < -0.4 is 51.0 Å². The number of rotatable bonds is 17. The highest BCUT2D eigenvalue weighted by Crippen LogP contribution is 2.32. The zero-order valence-electron chi connectivity index (χ0n) is 49.0. The molecule has 30 nitrogen and oxygen atoms in total. The number of carbonyl (C=O) groups is 8. The number of nitrogens with zero attached hydrogens (tertiary/aromatic N) is 4. The molecule has 486 valence electrons. The lowest BCUT2D eigenvalue weighted by atomic mass is 9.98. The molecule has 3 aromatic carbocycles. The third kappa shape index (κ3) is 17.2. The second kappa shape index (κ2) is 30.8. The maximum absolute atomic E-state index is 14.7. The lowest BCUT2D eigenvalue weighted by Gasteiger charge is -2.37. The zero-order chi connectivity index (χ0) is 64.2. The van der Waals surface area contributed by atoms with E-state index in [9.17, 15) is 74.1 Å². The lowest BCUT2D eigenvalue weighted by molar-refractivity contribution is -0.433. The largest absolute Gasteiger partial charge is 0.504 e. The first kappa shape index (κ1) is 67.3. The predicted molar refractivity (Wildman–Crippen MR) is 315 cm³/mol. The van der Waals surface area contributed by atoms with Gasteiger partial charge in [-0.3, -0.25) is 38.4 Å². The fourth-order valence-electron chi connectivity index (χ4n) is 11.8. The highest BCUT2D eigenvalue weighted by atomic mass is 32.2. The predicted octanol–water partition coefficient (Wildman–Crippen LogP) is -2.38.